The molecule has 19 heavy (non-hydrogen) atoms. The third-order valence-electron chi connectivity index (χ3n) is 2.95. The van der Waals surface area contributed by atoms with Crippen LogP contribution in [0.3, 0.4) is 0 Å². The normalized spacial score (nSPS) is 10.6. The van der Waals surface area contributed by atoms with Gasteiger partial charge >= 0.3 is 0 Å². The highest BCUT2D eigenvalue weighted by molar-refractivity contribution is 5.77. The zero-order chi connectivity index (χ0) is 13.2. The van der Waals surface area contributed by atoms with Crippen molar-refractivity contribution >= 4 is 10.9 Å². The van der Waals surface area contributed by atoms with Gasteiger partial charge in [-0.05, 0) is 30.3 Å². The fourth-order valence-corrected chi connectivity index (χ4v) is 1.96. The van der Waals surface area contributed by atoms with E-state index < -0.39 is 0 Å². The monoisotopic (exact) mass is 252 g/mol. The summed E-state index contributed by atoms with van der Waals surface area (Å²) in [5, 5.41) is 5.21. The molecule has 0 N–H and O–H groups in total. The Labute approximate surface area is 109 Å². The first-order chi connectivity index (χ1) is 9.28. The Balaban J connectivity index is 2.18. The maximum absolute atomic E-state index is 12.1. The average molecular weight is 252 g/mol. The van der Waals surface area contributed by atoms with E-state index in [2.05, 4.69) is 5.10 Å². The molecule has 0 saturated carbocycles. The molecular formula is C15H12N2O2. The SMILES string of the molecule is COc1ccc(-n2nc3ccccc3cc2=O)cc1. The molecule has 0 aliphatic carbocycles. The van der Waals surface area contributed by atoms with Crippen LogP contribution < -0.4 is 10.3 Å². The van der Waals surface area contributed by atoms with Crippen molar-refractivity contribution in [1.29, 1.82) is 0 Å². The van der Waals surface area contributed by atoms with Crippen LogP contribution in [0.15, 0.2) is 59.4 Å². The highest BCUT2D eigenvalue weighted by atomic mass is 16.5. The van der Waals surface area contributed by atoms with Gasteiger partial charge in [0.25, 0.3) is 5.56 Å². The molecule has 0 fully saturated rings. The van der Waals surface area contributed by atoms with E-state index >= 15 is 0 Å². The summed E-state index contributed by atoms with van der Waals surface area (Å²) in [5.74, 6) is 0.748. The Morgan fingerprint density at radius 1 is 1.05 bits per heavy atom. The molecule has 0 spiro atoms. The van der Waals surface area contributed by atoms with Crippen molar-refractivity contribution in [2.75, 3.05) is 7.11 Å². The van der Waals surface area contributed by atoms with Gasteiger partial charge in [-0.3, -0.25) is 4.79 Å². The number of nitrogens with zero attached hydrogens (tertiary/aromatic N) is 2. The molecule has 0 aliphatic heterocycles. The number of benzene rings is 2. The highest BCUT2D eigenvalue weighted by Gasteiger charge is 2.04. The minimum atomic E-state index is -0.149. The first-order valence-corrected chi connectivity index (χ1v) is 5.91. The largest absolute Gasteiger partial charge is 0.497 e. The van der Waals surface area contributed by atoms with Gasteiger partial charge in [0.1, 0.15) is 5.75 Å². The summed E-state index contributed by atoms with van der Waals surface area (Å²) < 4.78 is 6.49. The van der Waals surface area contributed by atoms with Crippen molar-refractivity contribution in [3.63, 3.8) is 0 Å². The van der Waals surface area contributed by atoms with Crippen LogP contribution in [0.2, 0.25) is 0 Å². The molecule has 2 aromatic carbocycles. The Bertz CT molecular complexity index is 776. The quantitative estimate of drug-likeness (QED) is 0.703. The van der Waals surface area contributed by atoms with Crippen molar-refractivity contribution in [2.45, 2.75) is 0 Å². The minimum absolute atomic E-state index is 0.149. The second kappa shape index (κ2) is 4.57. The van der Waals surface area contributed by atoms with E-state index in [0.717, 1.165) is 22.3 Å². The van der Waals surface area contributed by atoms with Gasteiger partial charge in [0, 0.05) is 11.5 Å². The Kier molecular flexibility index (Phi) is 2.76. The lowest BCUT2D eigenvalue weighted by Gasteiger charge is -2.06. The number of hydrogen-bond acceptors (Lipinski definition) is 3. The number of fused-ring (bicyclic) bond motifs is 1. The number of rotatable bonds is 2. The molecule has 3 rings (SSSR count). The number of aromatic nitrogens is 2. The van der Waals surface area contributed by atoms with Crippen LogP contribution in [0.1, 0.15) is 0 Å². The molecule has 94 valence electrons. The van der Waals surface area contributed by atoms with E-state index in [1.165, 1.54) is 4.68 Å². The number of hydrogen-bond donors (Lipinski definition) is 0. The van der Waals surface area contributed by atoms with E-state index in [1.807, 2.05) is 36.4 Å². The summed E-state index contributed by atoms with van der Waals surface area (Å²) in [6.07, 6.45) is 0. The molecule has 0 amide bonds. The van der Waals surface area contributed by atoms with Crippen molar-refractivity contribution < 1.29 is 4.74 Å². The van der Waals surface area contributed by atoms with Crippen LogP contribution in [0.25, 0.3) is 16.6 Å². The van der Waals surface area contributed by atoms with Crippen LogP contribution in [-0.4, -0.2) is 16.9 Å². The maximum atomic E-state index is 12.1. The lowest BCUT2D eigenvalue weighted by molar-refractivity contribution is 0.414. The maximum Gasteiger partial charge on any atom is 0.272 e. The molecule has 0 aliphatic rings. The predicted octanol–water partition coefficient (Wildman–Crippen LogP) is 2.39. The molecule has 1 heterocycles. The second-order valence-electron chi connectivity index (χ2n) is 4.15. The predicted molar refractivity (Wildman–Crippen MR) is 73.9 cm³/mol. The lowest BCUT2D eigenvalue weighted by atomic mass is 10.2. The summed E-state index contributed by atoms with van der Waals surface area (Å²) in [6.45, 7) is 0. The summed E-state index contributed by atoms with van der Waals surface area (Å²) in [4.78, 5) is 12.1. The lowest BCUT2D eigenvalue weighted by Crippen LogP contribution is -2.19. The average Bonchev–Trinajstić information content (AvgIpc) is 2.47. The van der Waals surface area contributed by atoms with Gasteiger partial charge in [0.05, 0.1) is 18.3 Å². The van der Waals surface area contributed by atoms with Crippen LogP contribution in [0.5, 0.6) is 5.75 Å². The number of methoxy groups -OCH3 is 1. The molecule has 3 aromatic rings. The molecular weight excluding hydrogens is 240 g/mol. The van der Waals surface area contributed by atoms with E-state index in [-0.39, 0.29) is 5.56 Å². The van der Waals surface area contributed by atoms with E-state index in [0.29, 0.717) is 0 Å². The Morgan fingerprint density at radius 3 is 2.53 bits per heavy atom. The zero-order valence-electron chi connectivity index (χ0n) is 10.4. The van der Waals surface area contributed by atoms with Gasteiger partial charge in [-0.2, -0.15) is 9.78 Å². The van der Waals surface area contributed by atoms with Crippen molar-refractivity contribution in [2.24, 2.45) is 0 Å². The van der Waals surface area contributed by atoms with Gasteiger partial charge < -0.3 is 4.74 Å². The molecule has 1 aromatic heterocycles. The summed E-state index contributed by atoms with van der Waals surface area (Å²) in [6, 6.07) is 16.4. The van der Waals surface area contributed by atoms with E-state index in [9.17, 15) is 4.79 Å². The van der Waals surface area contributed by atoms with Gasteiger partial charge in [-0.1, -0.05) is 18.2 Å². The molecule has 0 saturated heterocycles. The molecule has 0 radical (unpaired) electrons. The molecule has 4 heteroatoms. The van der Waals surface area contributed by atoms with Crippen LogP contribution >= 0.6 is 0 Å². The molecule has 0 unspecified atom stereocenters. The van der Waals surface area contributed by atoms with Crippen molar-refractivity contribution in [3.05, 3.63) is 65.0 Å². The third-order valence-corrected chi connectivity index (χ3v) is 2.95. The smallest absolute Gasteiger partial charge is 0.272 e. The van der Waals surface area contributed by atoms with Crippen LogP contribution in [0, 0.1) is 0 Å². The summed E-state index contributed by atoms with van der Waals surface area (Å²) >= 11 is 0. The second-order valence-corrected chi connectivity index (χ2v) is 4.15. The van der Waals surface area contributed by atoms with Gasteiger partial charge in [-0.25, -0.2) is 0 Å². The first kappa shape index (κ1) is 11.5. The Morgan fingerprint density at radius 2 is 1.79 bits per heavy atom. The highest BCUT2D eigenvalue weighted by Crippen LogP contribution is 2.14. The van der Waals surface area contributed by atoms with Crippen molar-refractivity contribution in [1.82, 2.24) is 9.78 Å². The summed E-state index contributed by atoms with van der Waals surface area (Å²) in [5.41, 5.74) is 1.36. The van der Waals surface area contributed by atoms with Crippen LogP contribution in [0.4, 0.5) is 0 Å². The standard InChI is InChI=1S/C15H12N2O2/c1-19-13-8-6-12(7-9-13)17-15(18)10-11-4-2-3-5-14(11)16-17/h2-10H,1H3. The zero-order valence-corrected chi connectivity index (χ0v) is 10.4. The molecule has 4 nitrogen and oxygen atoms in total. The van der Waals surface area contributed by atoms with Crippen LogP contribution in [-0.2, 0) is 0 Å². The fourth-order valence-electron chi connectivity index (χ4n) is 1.96. The summed E-state index contributed by atoms with van der Waals surface area (Å²) in [7, 11) is 1.61. The first-order valence-electron chi connectivity index (χ1n) is 5.91. The van der Waals surface area contributed by atoms with Gasteiger partial charge in [0.15, 0.2) is 0 Å². The van der Waals surface area contributed by atoms with Gasteiger partial charge in [-0.15, -0.1) is 0 Å². The Hall–Kier alpha value is -2.62. The topological polar surface area (TPSA) is 44.1 Å². The minimum Gasteiger partial charge on any atom is -0.497 e. The van der Waals surface area contributed by atoms with Gasteiger partial charge in [0.2, 0.25) is 0 Å². The van der Waals surface area contributed by atoms with E-state index in [4.69, 9.17) is 4.74 Å². The molecule has 0 atom stereocenters. The third kappa shape index (κ3) is 2.08. The van der Waals surface area contributed by atoms with Crippen molar-refractivity contribution in [3.8, 4) is 11.4 Å². The van der Waals surface area contributed by atoms with E-state index in [1.54, 1.807) is 25.3 Å². The molecule has 0 bridgehead atoms. The number of ether oxygens (including phenoxy) is 1. The fraction of sp³-hybridized carbons (Fsp3) is 0.0667.